The van der Waals surface area contributed by atoms with Crippen molar-refractivity contribution in [3.05, 3.63) is 29.3 Å². The van der Waals surface area contributed by atoms with Gasteiger partial charge in [-0.2, -0.15) is 4.31 Å². The highest BCUT2D eigenvalue weighted by atomic mass is 32.2. The number of benzene rings is 1. The molecular weight excluding hydrogens is 368 g/mol. The molecule has 1 atom stereocenters. The van der Waals surface area contributed by atoms with Crippen molar-refractivity contribution in [2.45, 2.75) is 56.4 Å². The van der Waals surface area contributed by atoms with Crippen molar-refractivity contribution in [2.24, 2.45) is 0 Å². The Morgan fingerprint density at radius 2 is 1.74 bits per heavy atom. The quantitative estimate of drug-likeness (QED) is 0.845. The highest BCUT2D eigenvalue weighted by molar-refractivity contribution is 7.89. The maximum atomic E-state index is 13.1. The Bertz CT molecular complexity index is 861. The molecule has 1 amide bonds. The molecule has 2 aliphatic rings. The average molecular weight is 394 g/mol. The van der Waals surface area contributed by atoms with Gasteiger partial charge in [0.05, 0.1) is 4.90 Å². The number of aryl methyl sites for hydroxylation is 1. The van der Waals surface area contributed by atoms with Crippen LogP contribution in [0, 0.1) is 6.92 Å². The van der Waals surface area contributed by atoms with Crippen LogP contribution in [0.5, 0.6) is 0 Å². The van der Waals surface area contributed by atoms with Crippen molar-refractivity contribution in [2.75, 3.05) is 19.6 Å². The Hall–Kier alpha value is -1.93. The maximum absolute atomic E-state index is 13.1. The van der Waals surface area contributed by atoms with Gasteiger partial charge in [-0.1, -0.05) is 12.5 Å². The molecule has 1 N–H and O–H groups in total. The van der Waals surface area contributed by atoms with Crippen LogP contribution in [0.4, 0.5) is 0 Å². The zero-order valence-corrected chi connectivity index (χ0v) is 16.6. The molecule has 2 saturated heterocycles. The lowest BCUT2D eigenvalue weighted by atomic mass is 9.98. The molecule has 0 aliphatic carbocycles. The average Bonchev–Trinajstić information content (AvgIpc) is 3.05. The van der Waals surface area contributed by atoms with Gasteiger partial charge in [0.15, 0.2) is 0 Å². The van der Waals surface area contributed by atoms with Crippen LogP contribution in [0.2, 0.25) is 0 Å². The Morgan fingerprint density at radius 1 is 1.07 bits per heavy atom. The number of carbonyl (C=O) groups is 2. The number of aliphatic carboxylic acids is 1. The van der Waals surface area contributed by atoms with Crippen LogP contribution in [0.15, 0.2) is 23.1 Å². The number of likely N-dealkylation sites (tertiary alicyclic amines) is 1. The zero-order chi connectivity index (χ0) is 19.8. The molecule has 0 radical (unpaired) electrons. The second kappa shape index (κ2) is 7.24. The molecule has 2 heterocycles. The van der Waals surface area contributed by atoms with Gasteiger partial charge in [0.1, 0.15) is 5.54 Å². The van der Waals surface area contributed by atoms with Crippen LogP contribution < -0.4 is 0 Å². The lowest BCUT2D eigenvalue weighted by Gasteiger charge is -2.32. The Labute approximate surface area is 160 Å². The molecule has 0 saturated carbocycles. The first-order valence-electron chi connectivity index (χ1n) is 9.34. The molecule has 1 unspecified atom stereocenters. The highest BCUT2D eigenvalue weighted by Gasteiger charge is 2.46. The van der Waals surface area contributed by atoms with Gasteiger partial charge in [-0.3, -0.25) is 4.79 Å². The number of amides is 1. The fraction of sp³-hybridized carbons (Fsp3) is 0.579. The van der Waals surface area contributed by atoms with Gasteiger partial charge in [0.2, 0.25) is 10.0 Å². The summed E-state index contributed by atoms with van der Waals surface area (Å²) < 4.78 is 27.3. The van der Waals surface area contributed by atoms with E-state index in [1.54, 1.807) is 19.9 Å². The van der Waals surface area contributed by atoms with E-state index in [1.807, 2.05) is 0 Å². The van der Waals surface area contributed by atoms with Crippen molar-refractivity contribution < 1.29 is 23.1 Å². The molecule has 7 nitrogen and oxygen atoms in total. The molecule has 1 aromatic rings. The van der Waals surface area contributed by atoms with E-state index in [0.29, 0.717) is 38.0 Å². The lowest BCUT2D eigenvalue weighted by Crippen LogP contribution is -2.51. The largest absolute Gasteiger partial charge is 0.480 e. The van der Waals surface area contributed by atoms with Crippen LogP contribution in [0.3, 0.4) is 0 Å². The van der Waals surface area contributed by atoms with Crippen LogP contribution in [0.1, 0.15) is 54.9 Å². The maximum Gasteiger partial charge on any atom is 0.329 e. The molecule has 148 valence electrons. The molecule has 27 heavy (non-hydrogen) atoms. The Morgan fingerprint density at radius 3 is 2.37 bits per heavy atom. The summed E-state index contributed by atoms with van der Waals surface area (Å²) in [6, 6.07) is 4.55. The molecule has 0 aromatic heterocycles. The second-order valence-electron chi connectivity index (χ2n) is 7.58. The molecule has 1 aromatic carbocycles. The molecular formula is C19H26N2O5S. The minimum Gasteiger partial charge on any atom is -0.480 e. The minimum atomic E-state index is -3.66. The number of sulfonamides is 1. The number of carboxylic acid groups (broad SMARTS) is 1. The Kier molecular flexibility index (Phi) is 5.31. The molecule has 0 bridgehead atoms. The van der Waals surface area contributed by atoms with E-state index in [1.165, 1.54) is 21.3 Å². The first-order valence-corrected chi connectivity index (χ1v) is 10.8. The molecule has 2 aliphatic heterocycles. The van der Waals surface area contributed by atoms with Gasteiger partial charge < -0.3 is 10.0 Å². The topological polar surface area (TPSA) is 95.0 Å². The van der Waals surface area contributed by atoms with Gasteiger partial charge in [0, 0.05) is 25.2 Å². The minimum absolute atomic E-state index is 0.0922. The number of rotatable bonds is 4. The summed E-state index contributed by atoms with van der Waals surface area (Å²) in [6.45, 7) is 4.61. The number of carboxylic acids is 1. The monoisotopic (exact) mass is 394 g/mol. The van der Waals surface area contributed by atoms with Crippen LogP contribution in [0.25, 0.3) is 0 Å². The Balaban J connectivity index is 1.96. The molecule has 2 fully saturated rings. The third kappa shape index (κ3) is 3.48. The number of piperidine rings is 1. The molecule has 8 heteroatoms. The SMILES string of the molecule is Cc1ccc(S(=O)(=O)N2CCCCC2)cc1C(=O)N1CCCC1(C)C(=O)O. The summed E-state index contributed by atoms with van der Waals surface area (Å²) in [5, 5.41) is 9.57. The third-order valence-electron chi connectivity index (χ3n) is 5.74. The van der Waals surface area contributed by atoms with E-state index in [2.05, 4.69) is 0 Å². The second-order valence-corrected chi connectivity index (χ2v) is 9.52. The predicted molar refractivity (Wildman–Crippen MR) is 100 cm³/mol. The van der Waals surface area contributed by atoms with Crippen LogP contribution >= 0.6 is 0 Å². The van der Waals surface area contributed by atoms with E-state index >= 15 is 0 Å². The van der Waals surface area contributed by atoms with E-state index < -0.39 is 27.4 Å². The summed E-state index contributed by atoms with van der Waals surface area (Å²) in [7, 11) is -3.66. The van der Waals surface area contributed by atoms with Crippen LogP contribution in [-0.2, 0) is 14.8 Å². The van der Waals surface area contributed by atoms with Crippen molar-refractivity contribution in [3.8, 4) is 0 Å². The van der Waals surface area contributed by atoms with E-state index in [-0.39, 0.29) is 10.5 Å². The number of hydrogen-bond acceptors (Lipinski definition) is 4. The fourth-order valence-corrected chi connectivity index (χ4v) is 5.45. The van der Waals surface area contributed by atoms with Crippen molar-refractivity contribution in [1.82, 2.24) is 9.21 Å². The summed E-state index contributed by atoms with van der Waals surface area (Å²) in [5.74, 6) is -1.46. The van der Waals surface area contributed by atoms with E-state index in [9.17, 15) is 23.1 Å². The predicted octanol–water partition coefficient (Wildman–Crippen LogP) is 2.25. The van der Waals surface area contributed by atoms with E-state index in [0.717, 1.165) is 19.3 Å². The van der Waals surface area contributed by atoms with Gasteiger partial charge in [-0.05, 0) is 57.2 Å². The van der Waals surface area contributed by atoms with Gasteiger partial charge in [-0.15, -0.1) is 0 Å². The summed E-state index contributed by atoms with van der Waals surface area (Å²) in [4.78, 5) is 26.2. The number of carbonyl (C=O) groups excluding carboxylic acids is 1. The van der Waals surface area contributed by atoms with Gasteiger partial charge in [0.25, 0.3) is 5.91 Å². The number of hydrogen-bond donors (Lipinski definition) is 1. The molecule has 3 rings (SSSR count). The van der Waals surface area contributed by atoms with Gasteiger partial charge >= 0.3 is 5.97 Å². The first kappa shape index (κ1) is 19.8. The summed E-state index contributed by atoms with van der Waals surface area (Å²) in [5.41, 5.74) is -0.370. The van der Waals surface area contributed by atoms with Crippen molar-refractivity contribution >= 4 is 21.9 Å². The lowest BCUT2D eigenvalue weighted by molar-refractivity contribution is -0.147. The fourth-order valence-electron chi connectivity index (χ4n) is 3.90. The summed E-state index contributed by atoms with van der Waals surface area (Å²) >= 11 is 0. The van der Waals surface area contributed by atoms with E-state index in [4.69, 9.17) is 0 Å². The third-order valence-corrected chi connectivity index (χ3v) is 7.63. The van der Waals surface area contributed by atoms with Crippen molar-refractivity contribution in [1.29, 1.82) is 0 Å². The molecule has 0 spiro atoms. The number of nitrogens with zero attached hydrogens (tertiary/aromatic N) is 2. The highest BCUT2D eigenvalue weighted by Crippen LogP contribution is 2.32. The summed E-state index contributed by atoms with van der Waals surface area (Å²) in [6.07, 6.45) is 3.69. The smallest absolute Gasteiger partial charge is 0.329 e. The standard InChI is InChI=1S/C19H26N2O5S/c1-14-7-8-15(27(25,26)20-10-4-3-5-11-20)13-16(14)17(22)21-12-6-9-19(21,2)18(23)24/h7-8,13H,3-6,9-12H2,1-2H3,(H,23,24). The van der Waals surface area contributed by atoms with Crippen molar-refractivity contribution in [3.63, 3.8) is 0 Å². The van der Waals surface area contributed by atoms with Crippen LogP contribution in [-0.4, -0.2) is 59.8 Å². The normalized spacial score (nSPS) is 24.1. The first-order chi connectivity index (χ1) is 12.7. The van der Waals surface area contributed by atoms with Gasteiger partial charge in [-0.25, -0.2) is 13.2 Å². The zero-order valence-electron chi connectivity index (χ0n) is 15.8.